The molecule has 0 saturated carbocycles. The summed E-state index contributed by atoms with van der Waals surface area (Å²) in [5.74, 6) is 0.556. The van der Waals surface area contributed by atoms with Gasteiger partial charge in [-0.2, -0.15) is 0 Å². The normalized spacial score (nSPS) is 20.9. The Kier molecular flexibility index (Phi) is 10.2. The maximum Gasteiger partial charge on any atom is 0.410 e. The van der Waals surface area contributed by atoms with Gasteiger partial charge in [-0.25, -0.2) is 4.79 Å². The van der Waals surface area contributed by atoms with Crippen molar-refractivity contribution in [3.63, 3.8) is 0 Å². The zero-order valence-corrected chi connectivity index (χ0v) is 28.5. The van der Waals surface area contributed by atoms with Gasteiger partial charge < -0.3 is 24.2 Å². The Morgan fingerprint density at radius 2 is 1.62 bits per heavy atom. The fourth-order valence-corrected chi connectivity index (χ4v) is 7.17. The van der Waals surface area contributed by atoms with Gasteiger partial charge in [0.1, 0.15) is 17.4 Å². The number of fused-ring (bicyclic) bond motifs is 1. The van der Waals surface area contributed by atoms with Gasteiger partial charge in [0.05, 0.1) is 6.61 Å². The Morgan fingerprint density at radius 1 is 0.896 bits per heavy atom. The summed E-state index contributed by atoms with van der Waals surface area (Å²) in [6, 6.07) is 13.9. The van der Waals surface area contributed by atoms with Crippen LogP contribution in [0.3, 0.4) is 0 Å². The number of carbonyl (C=O) groups is 4. The van der Waals surface area contributed by atoms with Crippen LogP contribution in [-0.2, 0) is 20.9 Å². The molecule has 11 nitrogen and oxygen atoms in total. The van der Waals surface area contributed by atoms with Crippen molar-refractivity contribution in [1.82, 2.24) is 20.0 Å². The van der Waals surface area contributed by atoms with Gasteiger partial charge in [0.2, 0.25) is 11.8 Å². The van der Waals surface area contributed by atoms with Crippen LogP contribution in [0.4, 0.5) is 10.5 Å². The number of nitrogens with one attached hydrogen (secondary N) is 1. The summed E-state index contributed by atoms with van der Waals surface area (Å²) in [5.41, 5.74) is 3.53. The van der Waals surface area contributed by atoms with Crippen molar-refractivity contribution in [2.24, 2.45) is 0 Å². The first kappa shape index (κ1) is 33.8. The summed E-state index contributed by atoms with van der Waals surface area (Å²) in [6.45, 7) is 13.1. The molecule has 0 aromatic heterocycles. The van der Waals surface area contributed by atoms with E-state index in [4.69, 9.17) is 9.47 Å². The summed E-state index contributed by atoms with van der Waals surface area (Å²) in [4.78, 5) is 57.6. The molecule has 4 aliphatic rings. The van der Waals surface area contributed by atoms with Crippen LogP contribution in [0, 0.1) is 0 Å². The van der Waals surface area contributed by atoms with E-state index >= 15 is 0 Å². The van der Waals surface area contributed by atoms with E-state index in [0.29, 0.717) is 31.1 Å². The number of rotatable bonds is 9. The van der Waals surface area contributed by atoms with Gasteiger partial charge in [0.15, 0.2) is 0 Å². The van der Waals surface area contributed by atoms with Crippen molar-refractivity contribution < 1.29 is 28.7 Å². The molecule has 258 valence electrons. The molecular weight excluding hydrogens is 610 g/mol. The van der Waals surface area contributed by atoms with Gasteiger partial charge in [-0.15, -0.1) is 0 Å². The van der Waals surface area contributed by atoms with E-state index < -0.39 is 11.6 Å². The van der Waals surface area contributed by atoms with Gasteiger partial charge in [0.25, 0.3) is 5.91 Å². The first-order valence-electron chi connectivity index (χ1n) is 17.5. The summed E-state index contributed by atoms with van der Waals surface area (Å²) in [7, 11) is 0. The monoisotopic (exact) mass is 659 g/mol. The third kappa shape index (κ3) is 8.11. The Labute approximate surface area is 283 Å². The summed E-state index contributed by atoms with van der Waals surface area (Å²) >= 11 is 0. The van der Waals surface area contributed by atoms with Crippen LogP contribution in [-0.4, -0.2) is 103 Å². The fourth-order valence-electron chi connectivity index (χ4n) is 7.17. The molecule has 1 N–H and O–H groups in total. The third-order valence-corrected chi connectivity index (χ3v) is 9.88. The maximum absolute atomic E-state index is 13.0. The molecule has 0 bridgehead atoms. The average Bonchev–Trinajstić information content (AvgIpc) is 3.39. The lowest BCUT2D eigenvalue weighted by molar-refractivity contribution is -0.136. The second kappa shape index (κ2) is 14.6. The van der Waals surface area contributed by atoms with E-state index in [1.54, 1.807) is 4.90 Å². The molecule has 0 spiro atoms. The highest BCUT2D eigenvalue weighted by Gasteiger charge is 2.39. The van der Waals surface area contributed by atoms with Crippen LogP contribution in [0.5, 0.6) is 5.75 Å². The topological polar surface area (TPSA) is 112 Å². The van der Waals surface area contributed by atoms with E-state index in [-0.39, 0.29) is 30.2 Å². The van der Waals surface area contributed by atoms with Crippen LogP contribution in [0.2, 0.25) is 0 Å². The standard InChI is InChI=1S/C37H49N5O6/c1-37(2,3)48-36(46)41-17-14-27(15-18-41)26-6-9-30(10-7-26)47-23-5-4-16-39-19-21-40(22-20-39)29-8-11-31-28(24-29)25-42(35(31)45)32-12-13-33(43)38-34(32)44/h6-11,24,27,32H,4-5,12-23,25H2,1-3H3,(H,38,43,44). The van der Waals surface area contributed by atoms with E-state index in [1.165, 1.54) is 5.56 Å². The molecule has 6 rings (SSSR count). The van der Waals surface area contributed by atoms with Gasteiger partial charge in [-0.05, 0) is 107 Å². The van der Waals surface area contributed by atoms with Crippen molar-refractivity contribution in [3.8, 4) is 5.75 Å². The van der Waals surface area contributed by atoms with E-state index in [2.05, 4.69) is 45.4 Å². The SMILES string of the molecule is CC(C)(C)OC(=O)N1CCC(c2ccc(OCCCCN3CCN(c4ccc5c(c4)CN(C4CCC(=O)NC4=O)C5=O)CC3)cc2)CC1. The van der Waals surface area contributed by atoms with Crippen molar-refractivity contribution in [2.75, 3.05) is 57.3 Å². The molecule has 3 fully saturated rings. The number of nitrogens with zero attached hydrogens (tertiary/aromatic N) is 4. The number of anilines is 1. The largest absolute Gasteiger partial charge is 0.494 e. The molecule has 3 saturated heterocycles. The number of likely N-dealkylation sites (tertiary alicyclic amines) is 1. The summed E-state index contributed by atoms with van der Waals surface area (Å²) in [6.07, 6.45) is 4.36. The lowest BCUT2D eigenvalue weighted by Crippen LogP contribution is -2.52. The van der Waals surface area contributed by atoms with Crippen molar-refractivity contribution in [1.29, 1.82) is 0 Å². The smallest absolute Gasteiger partial charge is 0.410 e. The number of carbonyl (C=O) groups excluding carboxylic acids is 4. The van der Waals surface area contributed by atoms with Crippen LogP contribution in [0.15, 0.2) is 42.5 Å². The van der Waals surface area contributed by atoms with Crippen LogP contribution in [0.1, 0.15) is 86.7 Å². The second-order valence-corrected chi connectivity index (χ2v) is 14.4. The number of piperidine rings is 2. The number of unbranched alkanes of at least 4 members (excludes halogenated alkanes) is 1. The second-order valence-electron chi connectivity index (χ2n) is 14.4. The minimum Gasteiger partial charge on any atom is -0.494 e. The quantitative estimate of drug-likeness (QED) is 0.309. The highest BCUT2D eigenvalue weighted by molar-refractivity contribution is 6.05. The zero-order chi connectivity index (χ0) is 33.8. The maximum atomic E-state index is 13.0. The molecule has 4 aliphatic heterocycles. The minimum absolute atomic E-state index is 0.133. The molecule has 2 aromatic carbocycles. The van der Waals surface area contributed by atoms with Crippen molar-refractivity contribution >= 4 is 29.5 Å². The molecule has 2 aromatic rings. The highest BCUT2D eigenvalue weighted by atomic mass is 16.6. The third-order valence-electron chi connectivity index (χ3n) is 9.88. The molecule has 1 unspecified atom stereocenters. The molecule has 0 aliphatic carbocycles. The number of piperazine rings is 1. The first-order chi connectivity index (χ1) is 23.0. The van der Waals surface area contributed by atoms with E-state index in [1.807, 2.05) is 37.8 Å². The van der Waals surface area contributed by atoms with Crippen LogP contribution < -0.4 is 15.0 Å². The number of imide groups is 1. The predicted octanol–water partition coefficient (Wildman–Crippen LogP) is 4.54. The fraction of sp³-hybridized carbons (Fsp3) is 0.568. The average molecular weight is 660 g/mol. The molecule has 0 radical (unpaired) electrons. The first-order valence-corrected chi connectivity index (χ1v) is 17.5. The van der Waals surface area contributed by atoms with Gasteiger partial charge in [-0.1, -0.05) is 12.1 Å². The zero-order valence-electron chi connectivity index (χ0n) is 28.5. The lowest BCUT2D eigenvalue weighted by atomic mass is 9.89. The van der Waals surface area contributed by atoms with Crippen molar-refractivity contribution in [2.45, 2.75) is 83.4 Å². The lowest BCUT2D eigenvalue weighted by Gasteiger charge is -2.36. The predicted molar refractivity (Wildman–Crippen MR) is 182 cm³/mol. The van der Waals surface area contributed by atoms with Crippen LogP contribution >= 0.6 is 0 Å². The molecule has 1 atom stereocenters. The number of hydrogen-bond acceptors (Lipinski definition) is 8. The Balaban J connectivity index is 0.871. The van der Waals surface area contributed by atoms with Gasteiger partial charge >= 0.3 is 6.09 Å². The summed E-state index contributed by atoms with van der Waals surface area (Å²) < 4.78 is 11.6. The number of ether oxygens (including phenoxy) is 2. The Bertz CT molecular complexity index is 1490. The van der Waals surface area contributed by atoms with Gasteiger partial charge in [0, 0.05) is 63.5 Å². The number of hydrogen-bond donors (Lipinski definition) is 1. The van der Waals surface area contributed by atoms with Crippen LogP contribution in [0.25, 0.3) is 0 Å². The molecule has 4 amide bonds. The highest BCUT2D eigenvalue weighted by Crippen LogP contribution is 2.32. The number of amides is 4. The van der Waals surface area contributed by atoms with E-state index in [0.717, 1.165) is 88.5 Å². The summed E-state index contributed by atoms with van der Waals surface area (Å²) in [5, 5.41) is 2.37. The Morgan fingerprint density at radius 3 is 2.31 bits per heavy atom. The minimum atomic E-state index is -0.589. The molecule has 11 heteroatoms. The molecule has 4 heterocycles. The Hall–Kier alpha value is -4.12. The number of benzene rings is 2. The van der Waals surface area contributed by atoms with Crippen molar-refractivity contribution in [3.05, 3.63) is 59.2 Å². The molecular formula is C37H49N5O6. The van der Waals surface area contributed by atoms with Gasteiger partial charge in [-0.3, -0.25) is 24.6 Å². The molecule has 48 heavy (non-hydrogen) atoms. The van der Waals surface area contributed by atoms with E-state index in [9.17, 15) is 19.2 Å².